The van der Waals surface area contributed by atoms with Crippen LogP contribution in [0.2, 0.25) is 5.02 Å². The molecule has 0 radical (unpaired) electrons. The molecule has 1 heterocycles. The number of halogens is 1. The van der Waals surface area contributed by atoms with Gasteiger partial charge in [-0.3, -0.25) is 4.68 Å². The molecule has 1 aliphatic rings. The average Bonchev–Trinajstić information content (AvgIpc) is 3.20. The minimum absolute atomic E-state index is 0.430. The van der Waals surface area contributed by atoms with Crippen molar-refractivity contribution in [2.45, 2.75) is 38.1 Å². The molecule has 1 saturated carbocycles. The quantitative estimate of drug-likeness (QED) is 0.885. The zero-order valence-electron chi connectivity index (χ0n) is 12.6. The molecule has 112 valence electrons. The molecule has 1 aromatic heterocycles. The molecule has 21 heavy (non-hydrogen) atoms. The summed E-state index contributed by atoms with van der Waals surface area (Å²) in [5, 5.41) is 8.91. The molecule has 3 nitrogen and oxygen atoms in total. The van der Waals surface area contributed by atoms with Crippen molar-refractivity contribution in [3.63, 3.8) is 0 Å². The summed E-state index contributed by atoms with van der Waals surface area (Å²) >= 11 is 6.16. The van der Waals surface area contributed by atoms with Crippen LogP contribution >= 0.6 is 11.6 Å². The van der Waals surface area contributed by atoms with Gasteiger partial charge in [-0.05, 0) is 49.9 Å². The third-order valence-electron chi connectivity index (χ3n) is 4.10. The fraction of sp³-hybridized carbons (Fsp3) is 0.471. The van der Waals surface area contributed by atoms with E-state index in [9.17, 15) is 0 Å². The maximum atomic E-state index is 6.16. The van der Waals surface area contributed by atoms with E-state index in [2.05, 4.69) is 28.6 Å². The van der Waals surface area contributed by atoms with Crippen LogP contribution in [0.3, 0.4) is 0 Å². The largest absolute Gasteiger partial charge is 0.313 e. The van der Waals surface area contributed by atoms with Crippen LogP contribution in [0, 0.1) is 6.92 Å². The van der Waals surface area contributed by atoms with E-state index >= 15 is 0 Å². The number of nitrogens with one attached hydrogen (secondary N) is 1. The van der Waals surface area contributed by atoms with Gasteiger partial charge in [-0.25, -0.2) is 0 Å². The minimum Gasteiger partial charge on any atom is -0.313 e. The zero-order valence-corrected chi connectivity index (χ0v) is 13.4. The van der Waals surface area contributed by atoms with Crippen molar-refractivity contribution in [1.29, 1.82) is 0 Å². The van der Waals surface area contributed by atoms with Gasteiger partial charge in [-0.15, -0.1) is 0 Å². The Hall–Kier alpha value is -1.32. The molecule has 1 atom stereocenters. The number of aryl methyl sites for hydroxylation is 2. The van der Waals surface area contributed by atoms with Crippen LogP contribution in [0.5, 0.6) is 0 Å². The summed E-state index contributed by atoms with van der Waals surface area (Å²) in [4.78, 5) is 0. The van der Waals surface area contributed by atoms with Crippen LogP contribution in [0.4, 0.5) is 0 Å². The number of hydrogen-bond acceptors (Lipinski definition) is 2. The number of aromatic nitrogens is 2. The van der Waals surface area contributed by atoms with Crippen molar-refractivity contribution in [3.8, 4) is 0 Å². The Balaban J connectivity index is 1.79. The van der Waals surface area contributed by atoms with Crippen molar-refractivity contribution in [3.05, 3.63) is 52.3 Å². The highest BCUT2D eigenvalue weighted by Gasteiger charge is 2.23. The summed E-state index contributed by atoms with van der Waals surface area (Å²) in [6, 6.07) is 11.1. The molecule has 0 saturated heterocycles. The van der Waals surface area contributed by atoms with E-state index in [0.717, 1.165) is 29.7 Å². The molecule has 1 unspecified atom stereocenters. The second-order valence-electron chi connectivity index (χ2n) is 6.04. The van der Waals surface area contributed by atoms with Crippen molar-refractivity contribution in [1.82, 2.24) is 15.1 Å². The van der Waals surface area contributed by atoms with E-state index in [1.165, 1.54) is 24.1 Å². The van der Waals surface area contributed by atoms with Gasteiger partial charge in [0.05, 0.1) is 5.69 Å². The SMILES string of the molecule is Cc1cc(CC(CNC2CC2)c2cccc(Cl)c2)n(C)n1. The molecule has 4 heteroatoms. The first-order chi connectivity index (χ1) is 10.1. The lowest BCUT2D eigenvalue weighted by Crippen LogP contribution is -2.25. The van der Waals surface area contributed by atoms with Crippen LogP contribution < -0.4 is 5.32 Å². The molecule has 0 amide bonds. The van der Waals surface area contributed by atoms with Crippen LogP contribution in [-0.4, -0.2) is 22.4 Å². The molecule has 0 spiro atoms. The molecular weight excluding hydrogens is 282 g/mol. The smallest absolute Gasteiger partial charge is 0.0596 e. The normalized spacial score (nSPS) is 16.1. The molecule has 1 N–H and O–H groups in total. The number of hydrogen-bond donors (Lipinski definition) is 1. The first kappa shape index (κ1) is 14.6. The third kappa shape index (κ3) is 3.86. The van der Waals surface area contributed by atoms with Gasteiger partial charge in [0.25, 0.3) is 0 Å². The number of nitrogens with zero attached hydrogens (tertiary/aromatic N) is 2. The predicted octanol–water partition coefficient (Wildman–Crippen LogP) is 3.46. The lowest BCUT2D eigenvalue weighted by atomic mass is 9.94. The fourth-order valence-electron chi connectivity index (χ4n) is 2.77. The van der Waals surface area contributed by atoms with E-state index in [1.807, 2.05) is 30.8 Å². The third-order valence-corrected chi connectivity index (χ3v) is 4.34. The molecule has 0 aliphatic heterocycles. The molecular formula is C17H22ClN3. The molecule has 1 aliphatic carbocycles. The summed E-state index contributed by atoms with van der Waals surface area (Å²) in [6.45, 7) is 3.04. The van der Waals surface area contributed by atoms with Gasteiger partial charge in [-0.1, -0.05) is 23.7 Å². The average molecular weight is 304 g/mol. The second-order valence-corrected chi connectivity index (χ2v) is 6.48. The Kier molecular flexibility index (Phi) is 4.32. The summed E-state index contributed by atoms with van der Waals surface area (Å²) in [5.41, 5.74) is 3.65. The predicted molar refractivity (Wildman–Crippen MR) is 86.9 cm³/mol. The lowest BCUT2D eigenvalue weighted by Gasteiger charge is -2.18. The van der Waals surface area contributed by atoms with Gasteiger partial charge in [0.1, 0.15) is 0 Å². The Morgan fingerprint density at radius 2 is 2.19 bits per heavy atom. The molecule has 1 fully saturated rings. The van der Waals surface area contributed by atoms with Crippen LogP contribution in [0.25, 0.3) is 0 Å². The highest BCUT2D eigenvalue weighted by molar-refractivity contribution is 6.30. The topological polar surface area (TPSA) is 29.9 Å². The van der Waals surface area contributed by atoms with Crippen molar-refractivity contribution >= 4 is 11.6 Å². The molecule has 2 aromatic rings. The van der Waals surface area contributed by atoms with E-state index in [4.69, 9.17) is 11.6 Å². The van der Waals surface area contributed by atoms with Crippen molar-refractivity contribution < 1.29 is 0 Å². The van der Waals surface area contributed by atoms with Crippen LogP contribution in [0.15, 0.2) is 30.3 Å². The first-order valence-corrected chi connectivity index (χ1v) is 7.98. The van der Waals surface area contributed by atoms with E-state index in [0.29, 0.717) is 5.92 Å². The Morgan fingerprint density at radius 3 is 2.81 bits per heavy atom. The van der Waals surface area contributed by atoms with E-state index < -0.39 is 0 Å². The summed E-state index contributed by atoms with van der Waals surface area (Å²) < 4.78 is 1.99. The standard InChI is InChI=1S/C17H22ClN3/c1-12-8-17(21(2)20-12)10-14(11-19-16-6-7-16)13-4-3-5-15(18)9-13/h3-5,8-9,14,16,19H,6-7,10-11H2,1-2H3. The number of benzene rings is 1. The van der Waals surface area contributed by atoms with Crippen molar-refractivity contribution in [2.24, 2.45) is 7.05 Å². The van der Waals surface area contributed by atoms with Crippen molar-refractivity contribution in [2.75, 3.05) is 6.54 Å². The van der Waals surface area contributed by atoms with Gasteiger partial charge in [0.15, 0.2) is 0 Å². The monoisotopic (exact) mass is 303 g/mol. The Labute approximate surface area is 131 Å². The summed E-state index contributed by atoms with van der Waals surface area (Å²) in [7, 11) is 2.02. The van der Waals surface area contributed by atoms with Gasteiger partial charge < -0.3 is 5.32 Å². The van der Waals surface area contributed by atoms with Gasteiger partial charge in [0.2, 0.25) is 0 Å². The fourth-order valence-corrected chi connectivity index (χ4v) is 2.97. The zero-order chi connectivity index (χ0) is 14.8. The molecule has 0 bridgehead atoms. The Morgan fingerprint density at radius 1 is 1.38 bits per heavy atom. The lowest BCUT2D eigenvalue weighted by molar-refractivity contribution is 0.557. The molecule has 3 rings (SSSR count). The van der Waals surface area contributed by atoms with Gasteiger partial charge >= 0.3 is 0 Å². The van der Waals surface area contributed by atoms with Gasteiger partial charge in [-0.2, -0.15) is 5.10 Å². The second kappa shape index (κ2) is 6.20. The van der Waals surface area contributed by atoms with Crippen LogP contribution in [-0.2, 0) is 13.5 Å². The highest BCUT2D eigenvalue weighted by atomic mass is 35.5. The number of rotatable bonds is 6. The van der Waals surface area contributed by atoms with E-state index in [1.54, 1.807) is 0 Å². The van der Waals surface area contributed by atoms with Crippen LogP contribution in [0.1, 0.15) is 35.7 Å². The molecule has 1 aromatic carbocycles. The Bertz CT molecular complexity index is 616. The van der Waals surface area contributed by atoms with E-state index in [-0.39, 0.29) is 0 Å². The first-order valence-electron chi connectivity index (χ1n) is 7.60. The van der Waals surface area contributed by atoms with Gasteiger partial charge in [0, 0.05) is 36.3 Å². The minimum atomic E-state index is 0.430. The summed E-state index contributed by atoms with van der Waals surface area (Å²) in [5.74, 6) is 0.430. The highest BCUT2D eigenvalue weighted by Crippen LogP contribution is 2.25. The summed E-state index contributed by atoms with van der Waals surface area (Å²) in [6.07, 6.45) is 3.61. The maximum Gasteiger partial charge on any atom is 0.0596 e. The maximum absolute atomic E-state index is 6.16.